The predicted octanol–water partition coefficient (Wildman–Crippen LogP) is 1.29. The molecule has 1 saturated carbocycles. The monoisotopic (exact) mass is 198 g/mol. The van der Waals surface area contributed by atoms with E-state index in [2.05, 4.69) is 38.3 Å². The van der Waals surface area contributed by atoms with Crippen LogP contribution < -0.4 is 10.6 Å². The number of nitrogens with one attached hydrogen (secondary N) is 2. The Morgan fingerprint density at radius 3 is 2.43 bits per heavy atom. The Hall–Kier alpha value is -0.570. The van der Waals surface area contributed by atoms with Gasteiger partial charge in [0.1, 0.15) is 0 Å². The lowest BCUT2D eigenvalue weighted by Gasteiger charge is -2.27. The largest absolute Gasteiger partial charge is 0.352 e. The van der Waals surface area contributed by atoms with E-state index in [4.69, 9.17) is 0 Å². The average Bonchev–Trinajstić information content (AvgIpc) is 2.82. The highest BCUT2D eigenvalue weighted by Crippen LogP contribution is 2.19. The molecule has 2 N–H and O–H groups in total. The maximum absolute atomic E-state index is 11.4. The second-order valence-electron chi connectivity index (χ2n) is 5.31. The van der Waals surface area contributed by atoms with Gasteiger partial charge in [-0.1, -0.05) is 20.8 Å². The summed E-state index contributed by atoms with van der Waals surface area (Å²) in [6, 6.07) is 0.821. The Morgan fingerprint density at radius 1 is 1.43 bits per heavy atom. The molecule has 0 heterocycles. The molecule has 1 aliphatic carbocycles. The molecular weight excluding hydrogens is 176 g/mol. The van der Waals surface area contributed by atoms with Crippen LogP contribution in [-0.2, 0) is 4.79 Å². The average molecular weight is 198 g/mol. The molecule has 3 heteroatoms. The smallest absolute Gasteiger partial charge is 0.234 e. The summed E-state index contributed by atoms with van der Waals surface area (Å²) in [5.74, 6) is 0.128. The van der Waals surface area contributed by atoms with Crippen LogP contribution in [-0.4, -0.2) is 24.5 Å². The van der Waals surface area contributed by atoms with Crippen LogP contribution in [0.1, 0.15) is 40.5 Å². The third kappa shape index (κ3) is 4.09. The van der Waals surface area contributed by atoms with Gasteiger partial charge in [0.25, 0.3) is 0 Å². The zero-order chi connectivity index (χ0) is 10.8. The molecule has 1 aliphatic rings. The van der Waals surface area contributed by atoms with Crippen LogP contribution in [0.3, 0.4) is 0 Å². The minimum absolute atomic E-state index is 0.128. The van der Waals surface area contributed by atoms with E-state index in [0.717, 1.165) is 12.8 Å². The molecule has 1 amide bonds. The minimum atomic E-state index is 0.128. The summed E-state index contributed by atoms with van der Waals surface area (Å²) in [4.78, 5) is 11.4. The SMILES string of the molecule is CC(NCC(=O)NC1CC1)C(C)(C)C. The Balaban J connectivity index is 2.15. The van der Waals surface area contributed by atoms with Crippen molar-refractivity contribution in [1.82, 2.24) is 10.6 Å². The number of hydrogen-bond acceptors (Lipinski definition) is 2. The molecule has 0 bridgehead atoms. The van der Waals surface area contributed by atoms with Gasteiger partial charge >= 0.3 is 0 Å². The summed E-state index contributed by atoms with van der Waals surface area (Å²) < 4.78 is 0. The number of amides is 1. The van der Waals surface area contributed by atoms with Gasteiger partial charge in [0.05, 0.1) is 6.54 Å². The minimum Gasteiger partial charge on any atom is -0.352 e. The van der Waals surface area contributed by atoms with Crippen LogP contribution in [0.4, 0.5) is 0 Å². The molecular formula is C11H22N2O. The van der Waals surface area contributed by atoms with Crippen LogP contribution in [0.5, 0.6) is 0 Å². The van der Waals surface area contributed by atoms with Crippen molar-refractivity contribution in [2.75, 3.05) is 6.54 Å². The normalized spacial score (nSPS) is 19.1. The predicted molar refractivity (Wildman–Crippen MR) is 58.1 cm³/mol. The van der Waals surface area contributed by atoms with Crippen LogP contribution in [0.25, 0.3) is 0 Å². The molecule has 1 fully saturated rings. The van der Waals surface area contributed by atoms with E-state index in [0.29, 0.717) is 18.6 Å². The first-order chi connectivity index (χ1) is 6.39. The molecule has 1 atom stereocenters. The maximum Gasteiger partial charge on any atom is 0.234 e. The fraction of sp³-hybridized carbons (Fsp3) is 0.909. The highest BCUT2D eigenvalue weighted by molar-refractivity contribution is 5.78. The van der Waals surface area contributed by atoms with Gasteiger partial charge in [-0.2, -0.15) is 0 Å². The first-order valence-corrected chi connectivity index (χ1v) is 5.42. The van der Waals surface area contributed by atoms with Crippen molar-refractivity contribution < 1.29 is 4.79 Å². The van der Waals surface area contributed by atoms with E-state index >= 15 is 0 Å². The van der Waals surface area contributed by atoms with Crippen molar-refractivity contribution >= 4 is 5.91 Å². The van der Waals surface area contributed by atoms with E-state index < -0.39 is 0 Å². The van der Waals surface area contributed by atoms with Gasteiger partial charge < -0.3 is 10.6 Å². The molecule has 0 aromatic rings. The molecule has 82 valence electrons. The fourth-order valence-electron chi connectivity index (χ4n) is 1.06. The second-order valence-corrected chi connectivity index (χ2v) is 5.31. The number of rotatable bonds is 4. The van der Waals surface area contributed by atoms with Gasteiger partial charge in [0, 0.05) is 12.1 Å². The lowest BCUT2D eigenvalue weighted by Crippen LogP contribution is -2.43. The Bertz CT molecular complexity index is 204. The van der Waals surface area contributed by atoms with Gasteiger partial charge in [-0.15, -0.1) is 0 Å². The van der Waals surface area contributed by atoms with Gasteiger partial charge in [0.15, 0.2) is 0 Å². The quantitative estimate of drug-likeness (QED) is 0.714. The Morgan fingerprint density at radius 2 is 2.00 bits per heavy atom. The van der Waals surface area contributed by atoms with Crippen molar-refractivity contribution in [2.24, 2.45) is 5.41 Å². The van der Waals surface area contributed by atoms with E-state index in [9.17, 15) is 4.79 Å². The molecule has 0 aromatic carbocycles. The van der Waals surface area contributed by atoms with Crippen LogP contribution in [0.2, 0.25) is 0 Å². The topological polar surface area (TPSA) is 41.1 Å². The lowest BCUT2D eigenvalue weighted by atomic mass is 9.88. The summed E-state index contributed by atoms with van der Waals surface area (Å²) in [7, 11) is 0. The van der Waals surface area contributed by atoms with Crippen molar-refractivity contribution in [2.45, 2.75) is 52.6 Å². The molecule has 3 nitrogen and oxygen atoms in total. The second kappa shape index (κ2) is 4.30. The zero-order valence-electron chi connectivity index (χ0n) is 9.68. The van der Waals surface area contributed by atoms with Crippen LogP contribution in [0.15, 0.2) is 0 Å². The third-order valence-electron chi connectivity index (χ3n) is 2.81. The molecule has 0 radical (unpaired) electrons. The van der Waals surface area contributed by atoms with Crippen molar-refractivity contribution in [3.8, 4) is 0 Å². The van der Waals surface area contributed by atoms with Crippen molar-refractivity contribution in [3.05, 3.63) is 0 Å². The van der Waals surface area contributed by atoms with Crippen LogP contribution in [0, 0.1) is 5.41 Å². The third-order valence-corrected chi connectivity index (χ3v) is 2.81. The molecule has 1 unspecified atom stereocenters. The number of hydrogen-bond donors (Lipinski definition) is 2. The number of carbonyl (C=O) groups is 1. The Labute approximate surface area is 86.6 Å². The summed E-state index contributed by atoms with van der Waals surface area (Å²) in [5.41, 5.74) is 0.208. The molecule has 0 saturated heterocycles. The summed E-state index contributed by atoms with van der Waals surface area (Å²) in [6.45, 7) is 9.07. The summed E-state index contributed by atoms with van der Waals surface area (Å²) in [5, 5.41) is 6.20. The van der Waals surface area contributed by atoms with E-state index in [-0.39, 0.29) is 11.3 Å². The molecule has 0 aliphatic heterocycles. The molecule has 0 spiro atoms. The van der Waals surface area contributed by atoms with Gasteiger partial charge in [-0.3, -0.25) is 4.79 Å². The molecule has 14 heavy (non-hydrogen) atoms. The van der Waals surface area contributed by atoms with E-state index in [1.165, 1.54) is 0 Å². The van der Waals surface area contributed by atoms with Gasteiger partial charge in [-0.25, -0.2) is 0 Å². The lowest BCUT2D eigenvalue weighted by molar-refractivity contribution is -0.120. The molecule has 1 rings (SSSR count). The number of carbonyl (C=O) groups excluding carboxylic acids is 1. The summed E-state index contributed by atoms with van der Waals surface area (Å²) in [6.07, 6.45) is 2.31. The van der Waals surface area contributed by atoms with Crippen molar-refractivity contribution in [1.29, 1.82) is 0 Å². The van der Waals surface area contributed by atoms with Gasteiger partial charge in [0.2, 0.25) is 5.91 Å². The maximum atomic E-state index is 11.4. The first kappa shape index (κ1) is 11.5. The van der Waals surface area contributed by atoms with E-state index in [1.54, 1.807) is 0 Å². The van der Waals surface area contributed by atoms with Crippen molar-refractivity contribution in [3.63, 3.8) is 0 Å². The zero-order valence-corrected chi connectivity index (χ0v) is 9.68. The molecule has 0 aromatic heterocycles. The van der Waals surface area contributed by atoms with Gasteiger partial charge in [-0.05, 0) is 25.2 Å². The van der Waals surface area contributed by atoms with Crippen LogP contribution >= 0.6 is 0 Å². The van der Waals surface area contributed by atoms with E-state index in [1.807, 2.05) is 0 Å². The fourth-order valence-corrected chi connectivity index (χ4v) is 1.06. The standard InChI is InChI=1S/C11H22N2O/c1-8(11(2,3)4)12-7-10(14)13-9-5-6-9/h8-9,12H,5-7H2,1-4H3,(H,13,14). The first-order valence-electron chi connectivity index (χ1n) is 5.42. The summed E-state index contributed by atoms with van der Waals surface area (Å²) >= 11 is 0. The Kier molecular flexibility index (Phi) is 3.53. The highest BCUT2D eigenvalue weighted by atomic mass is 16.2. The highest BCUT2D eigenvalue weighted by Gasteiger charge is 2.24.